The van der Waals surface area contributed by atoms with Gasteiger partial charge in [-0.3, -0.25) is 19.7 Å². The van der Waals surface area contributed by atoms with E-state index in [1.165, 1.54) is 24.5 Å². The molecule has 1 aliphatic heterocycles. The average molecular weight is 600 g/mol. The van der Waals surface area contributed by atoms with Gasteiger partial charge in [0.15, 0.2) is 5.13 Å². The maximum atomic E-state index is 13.2. The first-order valence-corrected chi connectivity index (χ1v) is 13.3. The molecule has 4 aromatic rings. The van der Waals surface area contributed by atoms with E-state index in [0.717, 1.165) is 4.90 Å². The lowest BCUT2D eigenvalue weighted by Crippen LogP contribution is -2.32. The maximum absolute atomic E-state index is 13.2. The van der Waals surface area contributed by atoms with Crippen LogP contribution in [-0.4, -0.2) is 29.8 Å². The molecule has 0 atom stereocenters. The topological polar surface area (TPSA) is 101 Å². The molecule has 0 aliphatic carbocycles. The minimum Gasteiger partial charge on any atom is -0.495 e. The first kappa shape index (κ1) is 26.7. The van der Waals surface area contributed by atoms with Crippen molar-refractivity contribution in [3.8, 4) is 17.0 Å². The molecule has 12 heteroatoms. The van der Waals surface area contributed by atoms with Gasteiger partial charge in [0.25, 0.3) is 17.7 Å². The lowest BCUT2D eigenvalue weighted by atomic mass is 10.2. The number of hydrogen-bond donors (Lipinski definition) is 2. The highest BCUT2D eigenvalue weighted by atomic mass is 35.5. The van der Waals surface area contributed by atoms with Crippen LogP contribution in [0.25, 0.3) is 11.3 Å². The van der Waals surface area contributed by atoms with Gasteiger partial charge >= 0.3 is 0 Å². The molecule has 3 amide bonds. The summed E-state index contributed by atoms with van der Waals surface area (Å²) in [7, 11) is 1.44. The quantitative estimate of drug-likeness (QED) is 0.226. The first-order valence-electron chi connectivity index (χ1n) is 11.3. The lowest BCUT2D eigenvalue weighted by Gasteiger charge is -2.18. The molecule has 5 rings (SSSR count). The van der Waals surface area contributed by atoms with Crippen molar-refractivity contribution in [1.82, 2.24) is 4.98 Å². The molecule has 196 valence electrons. The summed E-state index contributed by atoms with van der Waals surface area (Å²) in [6, 6.07) is 18.1. The molecule has 0 unspecified atom stereocenters. The van der Waals surface area contributed by atoms with Crippen LogP contribution in [0, 0.1) is 0 Å². The van der Waals surface area contributed by atoms with Gasteiger partial charge in [-0.15, -0.1) is 11.3 Å². The van der Waals surface area contributed by atoms with Gasteiger partial charge in [-0.2, -0.15) is 0 Å². The van der Waals surface area contributed by atoms with E-state index in [0.29, 0.717) is 37.9 Å². The Morgan fingerprint density at radius 3 is 2.54 bits per heavy atom. The van der Waals surface area contributed by atoms with Crippen LogP contribution in [0.1, 0.15) is 10.4 Å². The van der Waals surface area contributed by atoms with Crippen LogP contribution in [0.15, 0.2) is 82.8 Å². The van der Waals surface area contributed by atoms with E-state index in [4.69, 9.17) is 39.5 Å². The predicted molar refractivity (Wildman–Crippen MR) is 154 cm³/mol. The van der Waals surface area contributed by atoms with Gasteiger partial charge in [0.1, 0.15) is 16.5 Å². The van der Waals surface area contributed by atoms with Crippen LogP contribution in [0.4, 0.5) is 16.5 Å². The highest BCUT2D eigenvalue weighted by Gasteiger charge is 2.40. The molecule has 0 saturated carbocycles. The predicted octanol–water partition coefficient (Wildman–Crippen LogP) is 6.81. The number of para-hydroxylation sites is 2. The number of aromatic nitrogens is 1. The number of imide groups is 1. The van der Waals surface area contributed by atoms with Crippen LogP contribution in [0.3, 0.4) is 0 Å². The highest BCUT2D eigenvalue weighted by molar-refractivity contribution is 7.14. The van der Waals surface area contributed by atoms with Crippen molar-refractivity contribution in [2.75, 3.05) is 22.6 Å². The minimum absolute atomic E-state index is 0.116. The molecule has 1 aliphatic rings. The Bertz CT molecular complexity index is 1670. The number of nitrogens with zero attached hydrogens (tertiary/aromatic N) is 2. The van der Waals surface area contributed by atoms with Crippen molar-refractivity contribution in [2.24, 2.45) is 0 Å². The summed E-state index contributed by atoms with van der Waals surface area (Å²) >= 11 is 19.7. The normalized spacial score (nSPS) is 13.2. The zero-order valence-corrected chi connectivity index (χ0v) is 23.1. The third-order valence-corrected chi connectivity index (χ3v) is 7.34. The Morgan fingerprint density at radius 2 is 1.77 bits per heavy atom. The third-order valence-electron chi connectivity index (χ3n) is 5.68. The molecule has 2 heterocycles. The molecule has 0 saturated heterocycles. The van der Waals surface area contributed by atoms with E-state index in [9.17, 15) is 14.4 Å². The summed E-state index contributed by atoms with van der Waals surface area (Å²) in [5, 5.41) is 8.45. The molecular weight excluding hydrogens is 583 g/mol. The van der Waals surface area contributed by atoms with Gasteiger partial charge in [0.05, 0.1) is 23.5 Å². The van der Waals surface area contributed by atoms with Crippen LogP contribution in [0.5, 0.6) is 5.75 Å². The van der Waals surface area contributed by atoms with Crippen molar-refractivity contribution in [3.63, 3.8) is 0 Å². The second-order valence-corrected chi connectivity index (χ2v) is 10.2. The monoisotopic (exact) mass is 598 g/mol. The number of nitrogens with one attached hydrogen (secondary N) is 2. The fourth-order valence-electron chi connectivity index (χ4n) is 3.85. The van der Waals surface area contributed by atoms with E-state index in [1.807, 2.05) is 0 Å². The molecule has 0 fully saturated rings. The number of thiazole rings is 1. The van der Waals surface area contributed by atoms with E-state index >= 15 is 0 Å². The van der Waals surface area contributed by atoms with Gasteiger partial charge in [-0.1, -0.05) is 53.0 Å². The summed E-state index contributed by atoms with van der Waals surface area (Å²) in [4.78, 5) is 44.3. The Labute approximate surface area is 241 Å². The number of anilines is 3. The number of methoxy groups -OCH3 is 1. The summed E-state index contributed by atoms with van der Waals surface area (Å²) in [6.45, 7) is 0. The summed E-state index contributed by atoms with van der Waals surface area (Å²) in [6.07, 6.45) is 0. The number of amides is 3. The van der Waals surface area contributed by atoms with Gasteiger partial charge < -0.3 is 10.1 Å². The zero-order chi connectivity index (χ0) is 27.7. The number of carbonyl (C=O) groups is 3. The lowest BCUT2D eigenvalue weighted by molar-refractivity contribution is -0.120. The standard InChI is InChI=1S/C27H17Cl3N4O4S/c1-38-21-8-3-2-7-20(21)34-25(36)22(30)23(26(34)37)31-16-6-4-5-14(11-16)24(35)33-27-32-19(13-39-27)17-10-9-15(28)12-18(17)29/h2-13,31H,1H3,(H,32,33,35). The molecule has 1 aromatic heterocycles. The van der Waals surface area contributed by atoms with Gasteiger partial charge in [-0.05, 0) is 48.5 Å². The number of hydrogen-bond acceptors (Lipinski definition) is 7. The van der Waals surface area contributed by atoms with E-state index in [2.05, 4.69) is 15.6 Å². The largest absolute Gasteiger partial charge is 0.495 e. The molecule has 0 spiro atoms. The Hall–Kier alpha value is -3.89. The van der Waals surface area contributed by atoms with E-state index in [1.54, 1.807) is 66.0 Å². The van der Waals surface area contributed by atoms with Crippen molar-refractivity contribution < 1.29 is 19.1 Å². The summed E-state index contributed by atoms with van der Waals surface area (Å²) in [5.74, 6) is -1.43. The maximum Gasteiger partial charge on any atom is 0.283 e. The molecule has 3 aromatic carbocycles. The van der Waals surface area contributed by atoms with Crippen LogP contribution in [0.2, 0.25) is 10.0 Å². The average Bonchev–Trinajstić information content (AvgIpc) is 3.47. The van der Waals surface area contributed by atoms with Crippen LogP contribution >= 0.6 is 46.1 Å². The Kier molecular flexibility index (Phi) is 7.58. The second kappa shape index (κ2) is 11.1. The molecule has 0 radical (unpaired) electrons. The number of carbonyl (C=O) groups excluding carboxylic acids is 3. The van der Waals surface area contributed by atoms with E-state index in [-0.39, 0.29) is 22.0 Å². The Morgan fingerprint density at radius 1 is 0.974 bits per heavy atom. The van der Waals surface area contributed by atoms with Gasteiger partial charge in [0, 0.05) is 27.2 Å². The van der Waals surface area contributed by atoms with Crippen molar-refractivity contribution in [3.05, 3.63) is 98.4 Å². The number of halogens is 3. The van der Waals surface area contributed by atoms with Gasteiger partial charge in [0.2, 0.25) is 0 Å². The zero-order valence-electron chi connectivity index (χ0n) is 20.0. The fraction of sp³-hybridized carbons (Fsp3) is 0.0370. The van der Waals surface area contributed by atoms with Crippen molar-refractivity contribution >= 4 is 80.4 Å². The van der Waals surface area contributed by atoms with Crippen molar-refractivity contribution in [2.45, 2.75) is 0 Å². The van der Waals surface area contributed by atoms with Crippen LogP contribution < -0.4 is 20.3 Å². The Balaban J connectivity index is 1.32. The van der Waals surface area contributed by atoms with Crippen LogP contribution in [-0.2, 0) is 9.59 Å². The third kappa shape index (κ3) is 5.35. The molecular formula is C27H17Cl3N4O4S. The molecule has 8 nitrogen and oxygen atoms in total. The molecule has 0 bridgehead atoms. The van der Waals surface area contributed by atoms with E-state index < -0.39 is 17.7 Å². The number of ether oxygens (including phenoxy) is 1. The first-order chi connectivity index (χ1) is 18.8. The number of rotatable bonds is 7. The SMILES string of the molecule is COc1ccccc1N1C(=O)C(Cl)=C(Nc2cccc(C(=O)Nc3nc(-c4ccc(Cl)cc4Cl)cs3)c2)C1=O. The summed E-state index contributed by atoms with van der Waals surface area (Å²) < 4.78 is 5.28. The summed E-state index contributed by atoms with van der Waals surface area (Å²) in [5.41, 5.74) is 2.10. The smallest absolute Gasteiger partial charge is 0.283 e. The van der Waals surface area contributed by atoms with Crippen molar-refractivity contribution in [1.29, 1.82) is 0 Å². The highest BCUT2D eigenvalue weighted by Crippen LogP contribution is 2.36. The molecule has 2 N–H and O–H groups in total. The van der Waals surface area contributed by atoms with Gasteiger partial charge in [-0.25, -0.2) is 9.88 Å². The fourth-order valence-corrected chi connectivity index (χ4v) is 5.27. The molecule has 39 heavy (non-hydrogen) atoms. The second-order valence-electron chi connectivity index (χ2n) is 8.13. The minimum atomic E-state index is -0.692. The number of benzene rings is 3.